The van der Waals surface area contributed by atoms with Gasteiger partial charge in [-0.05, 0) is 43.0 Å². The van der Waals surface area contributed by atoms with E-state index in [1.807, 2.05) is 24.3 Å². The first kappa shape index (κ1) is 19.8. The van der Waals surface area contributed by atoms with Gasteiger partial charge in [0.2, 0.25) is 5.88 Å². The molecule has 1 fully saturated rings. The standard InChI is InChI=1S/C23H23N3O4/c1-2-15-8-10-16(11-9-15)19-14-21(30-26-19)25-22(27)17-5-3-6-18(13-17)24-23(28)20-7-4-12-29-20/h3,5-6,8-11,13-14,20H,2,4,7,12H2,1H3,(H,24,28)(H,25,27). The molecule has 4 rings (SSSR count). The third-order valence-electron chi connectivity index (χ3n) is 5.02. The molecule has 3 aromatic rings. The molecule has 2 aromatic carbocycles. The fourth-order valence-electron chi connectivity index (χ4n) is 3.31. The van der Waals surface area contributed by atoms with E-state index in [0.717, 1.165) is 18.4 Å². The second kappa shape index (κ2) is 8.92. The summed E-state index contributed by atoms with van der Waals surface area (Å²) in [7, 11) is 0. The SMILES string of the molecule is CCc1ccc(-c2cc(NC(=O)c3cccc(NC(=O)C4CCCO4)c3)on2)cc1. The minimum Gasteiger partial charge on any atom is -0.368 e. The number of benzene rings is 2. The molecule has 2 N–H and O–H groups in total. The summed E-state index contributed by atoms with van der Waals surface area (Å²) in [4.78, 5) is 24.8. The Morgan fingerprint density at radius 2 is 1.93 bits per heavy atom. The summed E-state index contributed by atoms with van der Waals surface area (Å²) in [6, 6.07) is 16.4. The number of amides is 2. The average Bonchev–Trinajstić information content (AvgIpc) is 3.46. The molecular weight excluding hydrogens is 382 g/mol. The van der Waals surface area contributed by atoms with Crippen molar-refractivity contribution in [2.75, 3.05) is 17.2 Å². The number of rotatable bonds is 6. The van der Waals surface area contributed by atoms with Crippen LogP contribution in [0.25, 0.3) is 11.3 Å². The molecule has 1 aromatic heterocycles. The van der Waals surface area contributed by atoms with E-state index in [2.05, 4.69) is 22.7 Å². The van der Waals surface area contributed by atoms with E-state index in [9.17, 15) is 9.59 Å². The van der Waals surface area contributed by atoms with Crippen molar-refractivity contribution < 1.29 is 18.8 Å². The van der Waals surface area contributed by atoms with Gasteiger partial charge in [0.05, 0.1) is 0 Å². The van der Waals surface area contributed by atoms with Gasteiger partial charge < -0.3 is 14.6 Å². The summed E-state index contributed by atoms with van der Waals surface area (Å²) in [6.07, 6.45) is 2.12. The Bertz CT molecular complexity index is 1040. The maximum absolute atomic E-state index is 12.6. The summed E-state index contributed by atoms with van der Waals surface area (Å²) in [5.41, 5.74) is 3.73. The van der Waals surface area contributed by atoms with Crippen LogP contribution in [-0.4, -0.2) is 29.7 Å². The first-order chi connectivity index (χ1) is 14.6. The molecule has 7 nitrogen and oxygen atoms in total. The number of ether oxygens (including phenoxy) is 1. The number of hydrogen-bond acceptors (Lipinski definition) is 5. The number of aryl methyl sites for hydroxylation is 1. The second-order valence-corrected chi connectivity index (χ2v) is 7.15. The highest BCUT2D eigenvalue weighted by Crippen LogP contribution is 2.23. The van der Waals surface area contributed by atoms with Crippen molar-refractivity contribution in [3.8, 4) is 11.3 Å². The maximum Gasteiger partial charge on any atom is 0.258 e. The van der Waals surface area contributed by atoms with Crippen LogP contribution in [0, 0.1) is 0 Å². The van der Waals surface area contributed by atoms with E-state index in [-0.39, 0.29) is 17.7 Å². The lowest BCUT2D eigenvalue weighted by atomic mass is 10.1. The molecule has 2 heterocycles. The van der Waals surface area contributed by atoms with E-state index < -0.39 is 6.10 Å². The van der Waals surface area contributed by atoms with Crippen LogP contribution in [0.5, 0.6) is 0 Å². The predicted molar refractivity (Wildman–Crippen MR) is 113 cm³/mol. The van der Waals surface area contributed by atoms with Crippen LogP contribution in [-0.2, 0) is 16.0 Å². The highest BCUT2D eigenvalue weighted by molar-refractivity contribution is 6.05. The fraction of sp³-hybridized carbons (Fsp3) is 0.261. The Labute approximate surface area is 174 Å². The van der Waals surface area contributed by atoms with Crippen LogP contribution >= 0.6 is 0 Å². The van der Waals surface area contributed by atoms with Gasteiger partial charge >= 0.3 is 0 Å². The van der Waals surface area contributed by atoms with Gasteiger partial charge in [0.25, 0.3) is 11.8 Å². The molecule has 0 aliphatic carbocycles. The Balaban J connectivity index is 1.41. The maximum atomic E-state index is 12.6. The summed E-state index contributed by atoms with van der Waals surface area (Å²) >= 11 is 0. The minimum absolute atomic E-state index is 0.195. The minimum atomic E-state index is -0.429. The zero-order valence-corrected chi connectivity index (χ0v) is 16.7. The number of carbonyl (C=O) groups excluding carboxylic acids is 2. The number of nitrogens with zero attached hydrogens (tertiary/aromatic N) is 1. The van der Waals surface area contributed by atoms with Crippen LogP contribution in [0.1, 0.15) is 35.7 Å². The van der Waals surface area contributed by atoms with Crippen LogP contribution in [0.4, 0.5) is 11.6 Å². The van der Waals surface area contributed by atoms with Crippen LogP contribution in [0.2, 0.25) is 0 Å². The molecule has 1 aliphatic heterocycles. The molecule has 0 radical (unpaired) electrons. The molecule has 1 saturated heterocycles. The molecule has 30 heavy (non-hydrogen) atoms. The van der Waals surface area contributed by atoms with Crippen molar-refractivity contribution in [3.05, 3.63) is 65.7 Å². The van der Waals surface area contributed by atoms with Gasteiger partial charge in [-0.3, -0.25) is 14.9 Å². The smallest absolute Gasteiger partial charge is 0.258 e. The fourth-order valence-corrected chi connectivity index (χ4v) is 3.31. The molecule has 0 bridgehead atoms. The molecule has 2 amide bonds. The molecular formula is C23H23N3O4. The van der Waals surface area contributed by atoms with Gasteiger partial charge in [-0.15, -0.1) is 0 Å². The molecule has 1 aliphatic rings. The second-order valence-electron chi connectivity index (χ2n) is 7.15. The predicted octanol–water partition coefficient (Wildman–Crippen LogP) is 4.27. The highest BCUT2D eigenvalue weighted by atomic mass is 16.5. The van der Waals surface area contributed by atoms with Crippen molar-refractivity contribution in [2.45, 2.75) is 32.3 Å². The zero-order valence-electron chi connectivity index (χ0n) is 16.7. The summed E-state index contributed by atoms with van der Waals surface area (Å²) in [5, 5.41) is 9.53. The Hall–Kier alpha value is -3.45. The topological polar surface area (TPSA) is 93.5 Å². The first-order valence-corrected chi connectivity index (χ1v) is 10.0. The van der Waals surface area contributed by atoms with Gasteiger partial charge in [0.15, 0.2) is 0 Å². The average molecular weight is 405 g/mol. The number of aromatic nitrogens is 1. The van der Waals surface area contributed by atoms with E-state index in [1.165, 1.54) is 5.56 Å². The Morgan fingerprint density at radius 3 is 2.67 bits per heavy atom. The first-order valence-electron chi connectivity index (χ1n) is 10.0. The third-order valence-corrected chi connectivity index (χ3v) is 5.02. The molecule has 1 atom stereocenters. The molecule has 7 heteroatoms. The van der Waals surface area contributed by atoms with Crippen molar-refractivity contribution in [3.63, 3.8) is 0 Å². The van der Waals surface area contributed by atoms with Gasteiger partial charge in [0.1, 0.15) is 11.8 Å². The van der Waals surface area contributed by atoms with Crippen LogP contribution < -0.4 is 10.6 Å². The number of carbonyl (C=O) groups is 2. The van der Waals surface area contributed by atoms with Crippen molar-refractivity contribution >= 4 is 23.4 Å². The van der Waals surface area contributed by atoms with Crippen molar-refractivity contribution in [1.82, 2.24) is 5.16 Å². The van der Waals surface area contributed by atoms with E-state index >= 15 is 0 Å². The lowest BCUT2D eigenvalue weighted by Crippen LogP contribution is -2.27. The van der Waals surface area contributed by atoms with Gasteiger partial charge in [-0.2, -0.15) is 0 Å². The van der Waals surface area contributed by atoms with E-state index in [4.69, 9.17) is 9.26 Å². The summed E-state index contributed by atoms with van der Waals surface area (Å²) in [6.45, 7) is 2.70. The van der Waals surface area contributed by atoms with Crippen LogP contribution in [0.15, 0.2) is 59.1 Å². The summed E-state index contributed by atoms with van der Waals surface area (Å²) in [5.74, 6) is -0.297. The largest absolute Gasteiger partial charge is 0.368 e. The quantitative estimate of drug-likeness (QED) is 0.639. The van der Waals surface area contributed by atoms with Gasteiger partial charge in [0, 0.05) is 29.5 Å². The third kappa shape index (κ3) is 4.58. The van der Waals surface area contributed by atoms with Gasteiger partial charge in [-0.25, -0.2) is 0 Å². The molecule has 1 unspecified atom stereocenters. The lowest BCUT2D eigenvalue weighted by Gasteiger charge is -2.11. The van der Waals surface area contributed by atoms with Gasteiger partial charge in [-0.1, -0.05) is 42.4 Å². The number of anilines is 2. The zero-order chi connectivity index (χ0) is 20.9. The number of nitrogens with one attached hydrogen (secondary N) is 2. The van der Waals surface area contributed by atoms with E-state index in [1.54, 1.807) is 30.3 Å². The molecule has 0 saturated carbocycles. The van der Waals surface area contributed by atoms with Crippen molar-refractivity contribution in [2.24, 2.45) is 0 Å². The monoisotopic (exact) mass is 405 g/mol. The normalized spacial score (nSPS) is 15.7. The molecule has 0 spiro atoms. The number of hydrogen-bond donors (Lipinski definition) is 2. The Kier molecular flexibility index (Phi) is 5.90. The highest BCUT2D eigenvalue weighted by Gasteiger charge is 2.23. The lowest BCUT2D eigenvalue weighted by molar-refractivity contribution is -0.124. The Morgan fingerprint density at radius 1 is 1.10 bits per heavy atom. The van der Waals surface area contributed by atoms with Crippen molar-refractivity contribution in [1.29, 1.82) is 0 Å². The van der Waals surface area contributed by atoms with E-state index in [0.29, 0.717) is 30.0 Å². The molecule has 154 valence electrons. The summed E-state index contributed by atoms with van der Waals surface area (Å²) < 4.78 is 10.6. The van der Waals surface area contributed by atoms with Crippen LogP contribution in [0.3, 0.4) is 0 Å².